The maximum atomic E-state index is 3.89. The summed E-state index contributed by atoms with van der Waals surface area (Å²) in [6.07, 6.45) is 0. The molecule has 0 aliphatic carbocycles. The lowest BCUT2D eigenvalue weighted by Crippen LogP contribution is -2.18. The van der Waals surface area contributed by atoms with E-state index in [-0.39, 0.29) is 0 Å². The maximum absolute atomic E-state index is 3.89. The van der Waals surface area contributed by atoms with Crippen molar-refractivity contribution in [2.75, 3.05) is 6.54 Å². The number of allylic oxidation sites excluding steroid dienone is 1. The van der Waals surface area contributed by atoms with Gasteiger partial charge < -0.3 is 0 Å². The minimum absolute atomic E-state index is 0.449. The largest absolute Gasteiger partial charge is 0.271 e. The van der Waals surface area contributed by atoms with Gasteiger partial charge in [0, 0.05) is 19.0 Å². The van der Waals surface area contributed by atoms with E-state index in [2.05, 4.69) is 32.2 Å². The SMILES string of the molecule is C=NN(CC)C(=C)C(C)C. The monoisotopic (exact) mass is 140 g/mol. The summed E-state index contributed by atoms with van der Waals surface area (Å²) in [6.45, 7) is 14.4. The highest BCUT2D eigenvalue weighted by Gasteiger charge is 2.05. The summed E-state index contributed by atoms with van der Waals surface area (Å²) in [4.78, 5) is 0. The van der Waals surface area contributed by atoms with Gasteiger partial charge in [0.2, 0.25) is 0 Å². The predicted molar refractivity (Wildman–Crippen MR) is 45.9 cm³/mol. The van der Waals surface area contributed by atoms with E-state index in [1.54, 1.807) is 0 Å². The van der Waals surface area contributed by atoms with E-state index in [1.165, 1.54) is 0 Å². The van der Waals surface area contributed by atoms with Crippen LogP contribution in [-0.4, -0.2) is 18.3 Å². The molecule has 0 N–H and O–H groups in total. The lowest BCUT2D eigenvalue weighted by molar-refractivity contribution is 0.350. The highest BCUT2D eigenvalue weighted by molar-refractivity contribution is 5.23. The summed E-state index contributed by atoms with van der Waals surface area (Å²) in [5, 5.41) is 5.62. The summed E-state index contributed by atoms with van der Waals surface area (Å²) in [5.74, 6) is 0.449. The average Bonchev–Trinajstić information content (AvgIpc) is 1.90. The number of hydrogen-bond donors (Lipinski definition) is 0. The second kappa shape index (κ2) is 4.09. The lowest BCUT2D eigenvalue weighted by atomic mass is 10.1. The van der Waals surface area contributed by atoms with Gasteiger partial charge in [-0.05, 0) is 12.8 Å². The van der Waals surface area contributed by atoms with Crippen molar-refractivity contribution in [2.45, 2.75) is 20.8 Å². The van der Waals surface area contributed by atoms with Crippen molar-refractivity contribution >= 4 is 6.72 Å². The Morgan fingerprint density at radius 2 is 2.10 bits per heavy atom. The topological polar surface area (TPSA) is 15.6 Å². The first-order valence-corrected chi connectivity index (χ1v) is 3.56. The Morgan fingerprint density at radius 1 is 1.60 bits per heavy atom. The number of rotatable bonds is 4. The molecule has 58 valence electrons. The fourth-order valence-corrected chi connectivity index (χ4v) is 0.692. The van der Waals surface area contributed by atoms with Gasteiger partial charge in [-0.15, -0.1) is 0 Å². The Hall–Kier alpha value is -0.790. The number of hydrazone groups is 1. The summed E-state index contributed by atoms with van der Waals surface area (Å²) in [7, 11) is 0. The fourth-order valence-electron chi connectivity index (χ4n) is 0.692. The van der Waals surface area contributed by atoms with Gasteiger partial charge in [-0.3, -0.25) is 5.01 Å². The molecule has 0 rings (SSSR count). The summed E-state index contributed by atoms with van der Waals surface area (Å²) in [5.41, 5.74) is 1.03. The van der Waals surface area contributed by atoms with Crippen molar-refractivity contribution in [3.8, 4) is 0 Å². The van der Waals surface area contributed by atoms with Crippen LogP contribution in [0.5, 0.6) is 0 Å². The lowest BCUT2D eigenvalue weighted by Gasteiger charge is -2.21. The Balaban J connectivity index is 4.02. The van der Waals surface area contributed by atoms with E-state index in [0.717, 1.165) is 12.2 Å². The summed E-state index contributed by atoms with van der Waals surface area (Å²) < 4.78 is 0. The van der Waals surface area contributed by atoms with E-state index in [9.17, 15) is 0 Å². The second-order valence-electron chi connectivity index (χ2n) is 2.50. The standard InChI is InChI=1S/C8H16N2/c1-6-10(9-5)8(4)7(2)3/h7H,4-6H2,1-3H3. The maximum Gasteiger partial charge on any atom is 0.0383 e. The molecule has 0 aromatic rings. The van der Waals surface area contributed by atoms with E-state index >= 15 is 0 Å². The zero-order valence-electron chi connectivity index (χ0n) is 7.09. The van der Waals surface area contributed by atoms with E-state index in [4.69, 9.17) is 0 Å². The van der Waals surface area contributed by atoms with Gasteiger partial charge in [-0.2, -0.15) is 5.10 Å². The van der Waals surface area contributed by atoms with E-state index in [0.29, 0.717) is 5.92 Å². The molecule has 0 saturated heterocycles. The van der Waals surface area contributed by atoms with Gasteiger partial charge >= 0.3 is 0 Å². The first-order chi connectivity index (χ1) is 4.63. The Labute approximate surface area is 63.2 Å². The van der Waals surface area contributed by atoms with Gasteiger partial charge in [0.25, 0.3) is 0 Å². The molecule has 0 spiro atoms. The van der Waals surface area contributed by atoms with Crippen molar-refractivity contribution in [3.63, 3.8) is 0 Å². The smallest absolute Gasteiger partial charge is 0.0383 e. The van der Waals surface area contributed by atoms with Gasteiger partial charge in [-0.1, -0.05) is 20.4 Å². The van der Waals surface area contributed by atoms with Crippen LogP contribution in [-0.2, 0) is 0 Å². The van der Waals surface area contributed by atoms with Crippen LogP contribution in [0.4, 0.5) is 0 Å². The summed E-state index contributed by atoms with van der Waals surface area (Å²) in [6, 6.07) is 0. The van der Waals surface area contributed by atoms with E-state index < -0.39 is 0 Å². The van der Waals surface area contributed by atoms with E-state index in [1.807, 2.05) is 11.9 Å². The van der Waals surface area contributed by atoms with Gasteiger partial charge in [0.05, 0.1) is 0 Å². The highest BCUT2D eigenvalue weighted by atomic mass is 15.4. The molecule has 10 heavy (non-hydrogen) atoms. The molecular formula is C8H16N2. The van der Waals surface area contributed by atoms with Crippen LogP contribution in [0.25, 0.3) is 0 Å². The molecular weight excluding hydrogens is 124 g/mol. The number of nitrogens with zero attached hydrogens (tertiary/aromatic N) is 2. The molecule has 0 aliphatic heterocycles. The Morgan fingerprint density at radius 3 is 2.20 bits per heavy atom. The summed E-state index contributed by atoms with van der Waals surface area (Å²) >= 11 is 0. The zero-order chi connectivity index (χ0) is 8.15. The zero-order valence-corrected chi connectivity index (χ0v) is 7.09. The first kappa shape index (κ1) is 9.21. The molecule has 0 bridgehead atoms. The second-order valence-corrected chi connectivity index (χ2v) is 2.50. The third kappa shape index (κ3) is 2.21. The van der Waals surface area contributed by atoms with Crippen molar-refractivity contribution in [2.24, 2.45) is 11.0 Å². The normalized spacial score (nSPS) is 9.60. The molecule has 0 amide bonds. The minimum atomic E-state index is 0.449. The molecule has 0 atom stereocenters. The molecule has 2 nitrogen and oxygen atoms in total. The third-order valence-electron chi connectivity index (χ3n) is 1.47. The van der Waals surface area contributed by atoms with Crippen LogP contribution in [0.3, 0.4) is 0 Å². The van der Waals surface area contributed by atoms with Crippen molar-refractivity contribution in [1.29, 1.82) is 0 Å². The molecule has 0 aromatic heterocycles. The number of hydrogen-bond acceptors (Lipinski definition) is 2. The molecule has 0 aliphatic rings. The van der Waals surface area contributed by atoms with Crippen LogP contribution in [0.15, 0.2) is 17.4 Å². The van der Waals surface area contributed by atoms with Gasteiger partial charge in [-0.25, -0.2) is 0 Å². The fraction of sp³-hybridized carbons (Fsp3) is 0.625. The van der Waals surface area contributed by atoms with Crippen molar-refractivity contribution in [1.82, 2.24) is 5.01 Å². The average molecular weight is 140 g/mol. The Kier molecular flexibility index (Phi) is 3.77. The first-order valence-electron chi connectivity index (χ1n) is 3.56. The predicted octanol–water partition coefficient (Wildman–Crippen LogP) is 2.09. The molecule has 2 heteroatoms. The van der Waals surface area contributed by atoms with Crippen LogP contribution < -0.4 is 0 Å². The molecule has 0 heterocycles. The van der Waals surface area contributed by atoms with Crippen LogP contribution in [0, 0.1) is 5.92 Å². The van der Waals surface area contributed by atoms with Gasteiger partial charge in [0.15, 0.2) is 0 Å². The van der Waals surface area contributed by atoms with Crippen molar-refractivity contribution in [3.05, 3.63) is 12.3 Å². The molecule has 0 unspecified atom stereocenters. The quantitative estimate of drug-likeness (QED) is 0.431. The van der Waals surface area contributed by atoms with Crippen molar-refractivity contribution < 1.29 is 0 Å². The van der Waals surface area contributed by atoms with Crippen LogP contribution >= 0.6 is 0 Å². The molecule has 0 fully saturated rings. The van der Waals surface area contributed by atoms with Gasteiger partial charge in [0.1, 0.15) is 0 Å². The Bertz CT molecular complexity index is 127. The van der Waals surface area contributed by atoms with Crippen LogP contribution in [0.1, 0.15) is 20.8 Å². The molecule has 0 radical (unpaired) electrons. The highest BCUT2D eigenvalue weighted by Crippen LogP contribution is 2.11. The molecule has 0 aromatic carbocycles. The molecule has 0 saturated carbocycles. The van der Waals surface area contributed by atoms with Crippen LogP contribution in [0.2, 0.25) is 0 Å². The third-order valence-corrected chi connectivity index (χ3v) is 1.47. The minimum Gasteiger partial charge on any atom is -0.271 e.